The van der Waals surface area contributed by atoms with Crippen molar-refractivity contribution < 1.29 is 18.3 Å². The summed E-state index contributed by atoms with van der Waals surface area (Å²) in [6.07, 6.45) is 0.844. The van der Waals surface area contributed by atoms with E-state index in [4.69, 9.17) is 4.74 Å². The average Bonchev–Trinajstić information content (AvgIpc) is 2.86. The molecule has 1 aliphatic rings. The Morgan fingerprint density at radius 3 is 2.66 bits per heavy atom. The third-order valence-corrected chi connectivity index (χ3v) is 5.64. The summed E-state index contributed by atoms with van der Waals surface area (Å²) < 4.78 is 33.4. The van der Waals surface area contributed by atoms with Crippen LogP contribution in [0.1, 0.15) is 12.0 Å². The van der Waals surface area contributed by atoms with Crippen molar-refractivity contribution in [2.45, 2.75) is 13.0 Å². The number of aromatic nitrogens is 2. The van der Waals surface area contributed by atoms with Gasteiger partial charge in [0.1, 0.15) is 0 Å². The van der Waals surface area contributed by atoms with E-state index in [0.29, 0.717) is 23.5 Å². The van der Waals surface area contributed by atoms with E-state index in [1.807, 2.05) is 6.07 Å². The molecule has 0 aliphatic carbocycles. The summed E-state index contributed by atoms with van der Waals surface area (Å²) in [5.41, 5.74) is 1.69. The Morgan fingerprint density at radius 2 is 1.86 bits per heavy atom. The summed E-state index contributed by atoms with van der Waals surface area (Å²) in [6, 6.07) is 13.0. The van der Waals surface area contributed by atoms with Gasteiger partial charge in [0.15, 0.2) is 11.6 Å². The average molecular weight is 484 g/mol. The maximum Gasteiger partial charge on any atom is 0.319 e. The molecule has 0 saturated carbocycles. The van der Waals surface area contributed by atoms with Gasteiger partial charge in [-0.1, -0.05) is 12.1 Å². The quantitative estimate of drug-likeness (QED) is 0.481. The number of hydrogen-bond donors (Lipinski definition) is 2. The minimum absolute atomic E-state index is 0.146. The number of benzene rings is 2. The van der Waals surface area contributed by atoms with Crippen molar-refractivity contribution in [2.75, 3.05) is 44.7 Å². The van der Waals surface area contributed by atoms with Crippen molar-refractivity contribution in [1.82, 2.24) is 20.0 Å². The highest BCUT2D eigenvalue weighted by Gasteiger charge is 2.11. The van der Waals surface area contributed by atoms with Crippen molar-refractivity contribution in [1.29, 1.82) is 0 Å². The number of ether oxygens (including phenoxy) is 1. The summed E-state index contributed by atoms with van der Waals surface area (Å²) in [4.78, 5) is 26.9. The van der Waals surface area contributed by atoms with E-state index < -0.39 is 11.6 Å². The molecule has 1 aliphatic heterocycles. The third kappa shape index (κ3) is 6.93. The highest BCUT2D eigenvalue weighted by molar-refractivity contribution is 5.89. The summed E-state index contributed by atoms with van der Waals surface area (Å²) >= 11 is 0. The monoisotopic (exact) mass is 483 g/mol. The molecule has 2 heterocycles. The van der Waals surface area contributed by atoms with E-state index in [1.165, 1.54) is 22.9 Å². The molecule has 2 amide bonds. The highest BCUT2D eigenvalue weighted by Crippen LogP contribution is 2.19. The Hall–Kier alpha value is -3.63. The third-order valence-electron chi connectivity index (χ3n) is 5.64. The number of morpholine rings is 1. The van der Waals surface area contributed by atoms with Crippen molar-refractivity contribution in [3.8, 4) is 11.3 Å². The van der Waals surface area contributed by atoms with Gasteiger partial charge in [0.2, 0.25) is 0 Å². The van der Waals surface area contributed by atoms with Crippen LogP contribution < -0.4 is 16.2 Å². The summed E-state index contributed by atoms with van der Waals surface area (Å²) in [5, 5.41) is 9.94. The maximum absolute atomic E-state index is 13.6. The fraction of sp³-hybridized carbons (Fsp3) is 0.320. The van der Waals surface area contributed by atoms with Gasteiger partial charge in [-0.05, 0) is 54.9 Å². The van der Waals surface area contributed by atoms with E-state index in [-0.39, 0.29) is 18.1 Å². The van der Waals surface area contributed by atoms with Crippen molar-refractivity contribution in [3.63, 3.8) is 0 Å². The summed E-state index contributed by atoms with van der Waals surface area (Å²) in [5.74, 6) is -1.94. The van der Waals surface area contributed by atoms with E-state index in [1.54, 1.807) is 18.2 Å². The van der Waals surface area contributed by atoms with Crippen molar-refractivity contribution in [3.05, 3.63) is 82.1 Å². The van der Waals surface area contributed by atoms with Crippen LogP contribution in [0.25, 0.3) is 11.3 Å². The number of carbonyl (C=O) groups excluding carboxylic acids is 1. The molecule has 10 heteroatoms. The van der Waals surface area contributed by atoms with Crippen LogP contribution in [0, 0.1) is 11.6 Å². The van der Waals surface area contributed by atoms with Crippen molar-refractivity contribution in [2.24, 2.45) is 0 Å². The molecule has 3 aromatic rings. The topological polar surface area (TPSA) is 88.5 Å². The minimum Gasteiger partial charge on any atom is -0.379 e. The largest absolute Gasteiger partial charge is 0.379 e. The number of halogens is 2. The molecule has 35 heavy (non-hydrogen) atoms. The zero-order valence-corrected chi connectivity index (χ0v) is 19.2. The maximum atomic E-state index is 13.6. The second-order valence-electron chi connectivity index (χ2n) is 8.23. The minimum atomic E-state index is -0.986. The van der Waals surface area contributed by atoms with Gasteiger partial charge < -0.3 is 15.4 Å². The molecule has 0 bridgehead atoms. The fourth-order valence-corrected chi connectivity index (χ4v) is 3.80. The number of rotatable bonds is 8. The zero-order chi connectivity index (χ0) is 24.6. The standard InChI is InChI=1S/C25H27F2N5O3/c26-21-6-5-19(16-22(21)27)23-7-8-24(33)32(30-23)17-18-3-1-4-20(15-18)29-25(34)28-9-2-10-31-11-13-35-14-12-31/h1,3-8,15-16H,2,9-14,17H2,(H2,28,29,34). The number of anilines is 1. The molecule has 1 fully saturated rings. The first-order valence-corrected chi connectivity index (χ1v) is 11.5. The second kappa shape index (κ2) is 11.7. The first kappa shape index (κ1) is 24.5. The first-order chi connectivity index (χ1) is 17.0. The van der Waals surface area contributed by atoms with Gasteiger partial charge in [0.25, 0.3) is 5.56 Å². The van der Waals surface area contributed by atoms with E-state index in [0.717, 1.165) is 57.0 Å². The Kier molecular flexibility index (Phi) is 8.17. The lowest BCUT2D eigenvalue weighted by Gasteiger charge is -2.26. The van der Waals surface area contributed by atoms with Crippen LogP contribution in [-0.2, 0) is 11.3 Å². The molecular weight excluding hydrogens is 456 g/mol. The molecule has 184 valence electrons. The molecule has 8 nitrogen and oxygen atoms in total. The van der Waals surface area contributed by atoms with Crippen LogP contribution in [0.15, 0.2) is 59.4 Å². The summed E-state index contributed by atoms with van der Waals surface area (Å²) in [7, 11) is 0. The van der Waals surface area contributed by atoms with Crippen LogP contribution >= 0.6 is 0 Å². The van der Waals surface area contributed by atoms with Crippen LogP contribution in [0.5, 0.6) is 0 Å². The number of urea groups is 1. The Morgan fingerprint density at radius 1 is 1.03 bits per heavy atom. The van der Waals surface area contributed by atoms with Gasteiger partial charge in [0, 0.05) is 37.0 Å². The van der Waals surface area contributed by atoms with E-state index in [2.05, 4.69) is 20.6 Å². The van der Waals surface area contributed by atoms with Gasteiger partial charge >= 0.3 is 6.03 Å². The molecular formula is C25H27F2N5O3. The number of hydrogen-bond acceptors (Lipinski definition) is 5. The molecule has 1 saturated heterocycles. The summed E-state index contributed by atoms with van der Waals surface area (Å²) in [6.45, 7) is 4.94. The lowest BCUT2D eigenvalue weighted by Crippen LogP contribution is -2.38. The van der Waals surface area contributed by atoms with Crippen LogP contribution in [-0.4, -0.2) is 60.1 Å². The number of carbonyl (C=O) groups is 1. The molecule has 0 radical (unpaired) electrons. The second-order valence-corrected chi connectivity index (χ2v) is 8.23. The normalized spacial score (nSPS) is 14.0. The zero-order valence-electron chi connectivity index (χ0n) is 19.2. The Balaban J connectivity index is 1.34. The smallest absolute Gasteiger partial charge is 0.319 e. The van der Waals surface area contributed by atoms with Gasteiger partial charge in [-0.15, -0.1) is 0 Å². The molecule has 0 atom stereocenters. The number of nitrogens with one attached hydrogen (secondary N) is 2. The molecule has 0 spiro atoms. The highest BCUT2D eigenvalue weighted by atomic mass is 19.2. The van der Waals surface area contributed by atoms with Gasteiger partial charge in [0.05, 0.1) is 25.5 Å². The number of amides is 2. The Labute approximate surface area is 201 Å². The molecule has 2 N–H and O–H groups in total. The van der Waals surface area contributed by atoms with Gasteiger partial charge in [-0.25, -0.2) is 18.3 Å². The van der Waals surface area contributed by atoms with E-state index >= 15 is 0 Å². The van der Waals surface area contributed by atoms with Crippen LogP contribution in [0.2, 0.25) is 0 Å². The lowest BCUT2D eigenvalue weighted by atomic mass is 10.1. The molecule has 4 rings (SSSR count). The number of nitrogens with zero attached hydrogens (tertiary/aromatic N) is 3. The van der Waals surface area contributed by atoms with Crippen molar-refractivity contribution >= 4 is 11.7 Å². The first-order valence-electron chi connectivity index (χ1n) is 11.5. The van der Waals surface area contributed by atoms with Gasteiger partial charge in [-0.3, -0.25) is 9.69 Å². The predicted molar refractivity (Wildman–Crippen MR) is 128 cm³/mol. The van der Waals surface area contributed by atoms with Gasteiger partial charge in [-0.2, -0.15) is 5.10 Å². The lowest BCUT2D eigenvalue weighted by molar-refractivity contribution is 0.0375. The predicted octanol–water partition coefficient (Wildman–Crippen LogP) is 3.08. The molecule has 2 aromatic carbocycles. The molecule has 1 aromatic heterocycles. The Bertz CT molecular complexity index is 1230. The van der Waals surface area contributed by atoms with Crippen LogP contribution in [0.4, 0.5) is 19.3 Å². The SMILES string of the molecule is O=C(NCCCN1CCOCC1)Nc1cccc(Cn2nc(-c3ccc(F)c(F)c3)ccc2=O)c1. The van der Waals surface area contributed by atoms with Crippen LogP contribution in [0.3, 0.4) is 0 Å². The van der Waals surface area contributed by atoms with E-state index in [9.17, 15) is 18.4 Å². The molecule has 0 unspecified atom stereocenters. The fourth-order valence-electron chi connectivity index (χ4n) is 3.80.